The van der Waals surface area contributed by atoms with Crippen LogP contribution in [0, 0.1) is 5.92 Å². The minimum atomic E-state index is -4.32. The SMILES string of the molecule is [B]c1c(OC)cc(CN2CCC(C(F)(F)F)CC2=O)cc1OC. The summed E-state index contributed by atoms with van der Waals surface area (Å²) in [7, 11) is 8.75. The monoisotopic (exact) mass is 327 g/mol. The summed E-state index contributed by atoms with van der Waals surface area (Å²) in [5.74, 6) is -1.26. The van der Waals surface area contributed by atoms with Gasteiger partial charge in [0.05, 0.1) is 20.1 Å². The molecule has 1 saturated heterocycles. The predicted molar refractivity (Wildman–Crippen MR) is 79.1 cm³/mol. The van der Waals surface area contributed by atoms with Crippen molar-refractivity contribution in [3.63, 3.8) is 0 Å². The van der Waals surface area contributed by atoms with Crippen molar-refractivity contribution in [1.29, 1.82) is 0 Å². The van der Waals surface area contributed by atoms with E-state index in [-0.39, 0.29) is 19.5 Å². The maximum Gasteiger partial charge on any atom is 0.392 e. The van der Waals surface area contributed by atoms with E-state index in [0.29, 0.717) is 22.5 Å². The maximum atomic E-state index is 12.7. The third kappa shape index (κ3) is 3.92. The third-order valence-electron chi connectivity index (χ3n) is 3.96. The van der Waals surface area contributed by atoms with Crippen molar-refractivity contribution in [2.45, 2.75) is 25.6 Å². The van der Waals surface area contributed by atoms with Gasteiger partial charge in [-0.3, -0.25) is 4.79 Å². The predicted octanol–water partition coefficient (Wildman–Crippen LogP) is 1.80. The minimum absolute atomic E-state index is 0.0675. The van der Waals surface area contributed by atoms with Gasteiger partial charge in [-0.1, -0.05) is 0 Å². The van der Waals surface area contributed by atoms with Gasteiger partial charge in [0.1, 0.15) is 19.3 Å². The van der Waals surface area contributed by atoms with E-state index in [0.717, 1.165) is 0 Å². The van der Waals surface area contributed by atoms with Gasteiger partial charge in [-0.25, -0.2) is 0 Å². The van der Waals surface area contributed by atoms with Gasteiger partial charge in [-0.2, -0.15) is 13.2 Å². The van der Waals surface area contributed by atoms with Gasteiger partial charge >= 0.3 is 6.18 Å². The van der Waals surface area contributed by atoms with Crippen LogP contribution >= 0.6 is 0 Å². The molecule has 0 bridgehead atoms. The molecule has 8 heteroatoms. The number of nitrogens with zero attached hydrogens (tertiary/aromatic N) is 1. The van der Waals surface area contributed by atoms with E-state index in [2.05, 4.69) is 0 Å². The van der Waals surface area contributed by atoms with Crippen molar-refractivity contribution >= 4 is 19.2 Å². The van der Waals surface area contributed by atoms with Crippen LogP contribution in [0.15, 0.2) is 12.1 Å². The Kier molecular flexibility index (Phi) is 5.11. The fourth-order valence-corrected chi connectivity index (χ4v) is 2.63. The normalized spacial score (nSPS) is 18.9. The summed E-state index contributed by atoms with van der Waals surface area (Å²) >= 11 is 0. The Hall–Kier alpha value is -1.86. The first-order valence-corrected chi connectivity index (χ1v) is 7.11. The molecule has 1 aliphatic rings. The summed E-state index contributed by atoms with van der Waals surface area (Å²) in [5, 5.41) is 0. The van der Waals surface area contributed by atoms with Gasteiger partial charge in [0, 0.05) is 19.5 Å². The molecule has 1 aromatic carbocycles. The number of amides is 1. The number of piperidine rings is 1. The summed E-state index contributed by atoms with van der Waals surface area (Å²) in [6, 6.07) is 3.31. The lowest BCUT2D eigenvalue weighted by Gasteiger charge is -2.32. The Balaban J connectivity index is 2.13. The number of hydrogen-bond acceptors (Lipinski definition) is 3. The largest absolute Gasteiger partial charge is 0.497 e. The Morgan fingerprint density at radius 2 is 1.83 bits per heavy atom. The quantitative estimate of drug-likeness (QED) is 0.792. The van der Waals surface area contributed by atoms with Gasteiger partial charge in [0.2, 0.25) is 5.91 Å². The average molecular weight is 327 g/mol. The lowest BCUT2D eigenvalue weighted by molar-refractivity contribution is -0.190. The maximum absolute atomic E-state index is 12.7. The first-order valence-electron chi connectivity index (χ1n) is 7.11. The Morgan fingerprint density at radius 1 is 1.26 bits per heavy atom. The number of ether oxygens (including phenoxy) is 2. The standard InChI is InChI=1S/C15H17BF3NO3/c1-22-11-5-9(6-12(23-2)14(11)16)8-20-4-3-10(7-13(20)21)15(17,18)19/h5-6,10H,3-4,7-8H2,1-2H3. The number of carbonyl (C=O) groups excluding carboxylic acids is 1. The average Bonchev–Trinajstić information content (AvgIpc) is 2.49. The highest BCUT2D eigenvalue weighted by Gasteiger charge is 2.43. The molecule has 1 atom stereocenters. The summed E-state index contributed by atoms with van der Waals surface area (Å²) < 4.78 is 48.4. The lowest BCUT2D eigenvalue weighted by atomic mass is 9.91. The Bertz CT molecular complexity index is 567. The van der Waals surface area contributed by atoms with E-state index in [1.54, 1.807) is 12.1 Å². The molecule has 0 spiro atoms. The van der Waals surface area contributed by atoms with Crippen LogP contribution in [0.3, 0.4) is 0 Å². The van der Waals surface area contributed by atoms with Crippen LogP contribution in [0.1, 0.15) is 18.4 Å². The molecule has 0 saturated carbocycles. The number of halogens is 3. The molecule has 23 heavy (non-hydrogen) atoms. The molecule has 2 radical (unpaired) electrons. The topological polar surface area (TPSA) is 38.8 Å². The van der Waals surface area contributed by atoms with E-state index >= 15 is 0 Å². The molecule has 124 valence electrons. The van der Waals surface area contributed by atoms with Gasteiger partial charge in [-0.15, -0.1) is 0 Å². The second-order valence-electron chi connectivity index (χ2n) is 5.46. The van der Waals surface area contributed by atoms with E-state index < -0.39 is 24.4 Å². The smallest absolute Gasteiger partial charge is 0.392 e. The van der Waals surface area contributed by atoms with Crippen molar-refractivity contribution < 1.29 is 27.4 Å². The van der Waals surface area contributed by atoms with E-state index in [9.17, 15) is 18.0 Å². The molecule has 2 rings (SSSR count). The summed E-state index contributed by atoms with van der Waals surface area (Å²) in [6.07, 6.45) is -4.92. The summed E-state index contributed by atoms with van der Waals surface area (Å²) in [6.45, 7) is 0.258. The van der Waals surface area contributed by atoms with Crippen molar-refractivity contribution in [3.8, 4) is 11.5 Å². The number of benzene rings is 1. The van der Waals surface area contributed by atoms with Gasteiger partial charge in [0.25, 0.3) is 0 Å². The van der Waals surface area contributed by atoms with Crippen LogP contribution in [0.25, 0.3) is 0 Å². The molecule has 1 aromatic rings. The molecule has 1 unspecified atom stereocenters. The third-order valence-corrected chi connectivity index (χ3v) is 3.96. The highest BCUT2D eigenvalue weighted by atomic mass is 19.4. The van der Waals surface area contributed by atoms with Gasteiger partial charge in [0.15, 0.2) is 0 Å². The Morgan fingerprint density at radius 3 is 2.26 bits per heavy atom. The second-order valence-corrected chi connectivity index (χ2v) is 5.46. The number of alkyl halides is 3. The van der Waals surface area contributed by atoms with E-state index in [4.69, 9.17) is 17.3 Å². The molecule has 0 aromatic heterocycles. The summed E-state index contributed by atoms with van der Waals surface area (Å²) in [4.78, 5) is 13.4. The number of methoxy groups -OCH3 is 2. The lowest BCUT2D eigenvalue weighted by Crippen LogP contribution is -2.42. The van der Waals surface area contributed by atoms with Gasteiger partial charge in [-0.05, 0) is 29.6 Å². The van der Waals surface area contributed by atoms with Crippen molar-refractivity contribution in [1.82, 2.24) is 4.90 Å². The zero-order valence-electron chi connectivity index (χ0n) is 12.9. The Labute approximate surface area is 134 Å². The highest BCUT2D eigenvalue weighted by Crippen LogP contribution is 2.35. The first-order chi connectivity index (χ1) is 10.8. The van der Waals surface area contributed by atoms with Gasteiger partial charge < -0.3 is 14.4 Å². The minimum Gasteiger partial charge on any atom is -0.497 e. The van der Waals surface area contributed by atoms with Crippen LogP contribution in [0.2, 0.25) is 0 Å². The molecule has 0 N–H and O–H groups in total. The van der Waals surface area contributed by atoms with Crippen LogP contribution in [0.4, 0.5) is 13.2 Å². The van der Waals surface area contributed by atoms with Crippen molar-refractivity contribution in [2.75, 3.05) is 20.8 Å². The molecule has 4 nitrogen and oxygen atoms in total. The molecular weight excluding hydrogens is 310 g/mol. The second kappa shape index (κ2) is 6.72. The van der Waals surface area contributed by atoms with E-state index in [1.807, 2.05) is 0 Å². The van der Waals surface area contributed by atoms with Crippen LogP contribution in [-0.2, 0) is 11.3 Å². The number of hydrogen-bond donors (Lipinski definition) is 0. The fraction of sp³-hybridized carbons (Fsp3) is 0.533. The van der Waals surface area contributed by atoms with Crippen molar-refractivity contribution in [3.05, 3.63) is 17.7 Å². The molecule has 1 aliphatic heterocycles. The first kappa shape index (κ1) is 17.5. The molecular formula is C15H17BF3NO3. The molecule has 1 fully saturated rings. The molecule has 1 heterocycles. The zero-order valence-corrected chi connectivity index (χ0v) is 12.9. The van der Waals surface area contributed by atoms with Crippen LogP contribution in [0.5, 0.6) is 11.5 Å². The molecule has 0 aliphatic carbocycles. The summed E-state index contributed by atoms with van der Waals surface area (Å²) in [5.41, 5.74) is 1.02. The fourth-order valence-electron chi connectivity index (χ4n) is 2.63. The van der Waals surface area contributed by atoms with Crippen LogP contribution in [-0.4, -0.2) is 45.6 Å². The number of likely N-dealkylation sites (tertiary alicyclic amines) is 1. The van der Waals surface area contributed by atoms with E-state index in [1.165, 1.54) is 19.1 Å². The molecule has 1 amide bonds. The zero-order chi connectivity index (χ0) is 17.2. The van der Waals surface area contributed by atoms with Crippen LogP contribution < -0.4 is 14.9 Å². The number of rotatable bonds is 4. The number of carbonyl (C=O) groups is 1. The highest BCUT2D eigenvalue weighted by molar-refractivity contribution is 6.36. The van der Waals surface area contributed by atoms with Crippen molar-refractivity contribution in [2.24, 2.45) is 5.92 Å².